The van der Waals surface area contributed by atoms with Crippen LogP contribution in [0.25, 0.3) is 21.8 Å². The lowest BCUT2D eigenvalue weighted by molar-refractivity contribution is 0.355. The van der Waals surface area contributed by atoms with Gasteiger partial charge < -0.3 is 14.5 Å². The minimum absolute atomic E-state index is 0.204. The summed E-state index contributed by atoms with van der Waals surface area (Å²) < 4.78 is 10.6. The summed E-state index contributed by atoms with van der Waals surface area (Å²) in [6.07, 6.45) is 0. The van der Waals surface area contributed by atoms with E-state index in [1.807, 2.05) is 18.2 Å². The zero-order valence-electron chi connectivity index (χ0n) is 15.8. The summed E-state index contributed by atoms with van der Waals surface area (Å²) in [5.74, 6) is 2.13. The third-order valence-electron chi connectivity index (χ3n) is 4.52. The molecule has 2 aromatic heterocycles. The molecule has 6 nitrogen and oxygen atoms in total. The molecule has 0 spiro atoms. The standard InChI is InChI=1S/C21H19N3O3S/c1-12-8-20(23-15-7-5-4-6-13(12)15)28-11-19-22-16-10-18(27-3)17(26-2)9-14(16)21(25)24-19/h4-10H,11H2,1-3H3,(H,22,24,25). The van der Waals surface area contributed by atoms with E-state index in [2.05, 4.69) is 29.0 Å². The second kappa shape index (κ2) is 7.52. The summed E-state index contributed by atoms with van der Waals surface area (Å²) >= 11 is 1.54. The molecule has 2 aromatic carbocycles. The minimum Gasteiger partial charge on any atom is -0.493 e. The van der Waals surface area contributed by atoms with Crippen LogP contribution in [-0.4, -0.2) is 29.2 Å². The first-order valence-corrected chi connectivity index (χ1v) is 9.71. The van der Waals surface area contributed by atoms with Gasteiger partial charge in [-0.1, -0.05) is 30.0 Å². The number of hydrogen-bond acceptors (Lipinski definition) is 6. The Bertz CT molecular complexity index is 1240. The Balaban J connectivity index is 1.66. The van der Waals surface area contributed by atoms with Gasteiger partial charge in [0, 0.05) is 11.5 Å². The van der Waals surface area contributed by atoms with Gasteiger partial charge in [0.05, 0.1) is 41.4 Å². The third kappa shape index (κ3) is 3.41. The number of nitrogens with one attached hydrogen (secondary N) is 1. The maximum Gasteiger partial charge on any atom is 0.258 e. The second-order valence-corrected chi connectivity index (χ2v) is 7.32. The van der Waals surface area contributed by atoms with Gasteiger partial charge in [0.25, 0.3) is 5.56 Å². The van der Waals surface area contributed by atoms with E-state index in [-0.39, 0.29) is 5.56 Å². The van der Waals surface area contributed by atoms with Crippen molar-refractivity contribution < 1.29 is 9.47 Å². The van der Waals surface area contributed by atoms with Gasteiger partial charge in [-0.3, -0.25) is 4.79 Å². The zero-order chi connectivity index (χ0) is 19.7. The number of aryl methyl sites for hydroxylation is 1. The molecule has 0 radical (unpaired) electrons. The monoisotopic (exact) mass is 393 g/mol. The lowest BCUT2D eigenvalue weighted by Gasteiger charge is -2.09. The molecule has 0 atom stereocenters. The number of para-hydroxylation sites is 1. The molecule has 142 valence electrons. The molecular formula is C21H19N3O3S. The maximum absolute atomic E-state index is 12.5. The fraction of sp³-hybridized carbons (Fsp3) is 0.190. The third-order valence-corrected chi connectivity index (χ3v) is 5.44. The summed E-state index contributed by atoms with van der Waals surface area (Å²) in [6.45, 7) is 2.07. The van der Waals surface area contributed by atoms with E-state index in [0.29, 0.717) is 34.0 Å². The van der Waals surface area contributed by atoms with Crippen LogP contribution in [0.4, 0.5) is 0 Å². The highest BCUT2D eigenvalue weighted by molar-refractivity contribution is 7.98. The van der Waals surface area contributed by atoms with E-state index >= 15 is 0 Å². The van der Waals surface area contributed by atoms with Crippen LogP contribution >= 0.6 is 11.8 Å². The van der Waals surface area contributed by atoms with Crippen molar-refractivity contribution in [3.8, 4) is 11.5 Å². The van der Waals surface area contributed by atoms with E-state index in [9.17, 15) is 4.79 Å². The van der Waals surface area contributed by atoms with Crippen LogP contribution in [0.1, 0.15) is 11.4 Å². The van der Waals surface area contributed by atoms with Gasteiger partial charge in [0.15, 0.2) is 11.5 Å². The number of fused-ring (bicyclic) bond motifs is 2. The molecule has 0 unspecified atom stereocenters. The van der Waals surface area contributed by atoms with Crippen LogP contribution in [0.2, 0.25) is 0 Å². The van der Waals surface area contributed by atoms with Crippen LogP contribution in [0.15, 0.2) is 52.3 Å². The molecule has 4 rings (SSSR count). The van der Waals surface area contributed by atoms with Crippen molar-refractivity contribution in [2.24, 2.45) is 0 Å². The van der Waals surface area contributed by atoms with E-state index in [0.717, 1.165) is 15.9 Å². The largest absolute Gasteiger partial charge is 0.493 e. The Kier molecular flexibility index (Phi) is 4.92. The topological polar surface area (TPSA) is 77.1 Å². The average Bonchev–Trinajstić information content (AvgIpc) is 2.71. The molecule has 0 amide bonds. The van der Waals surface area contributed by atoms with Crippen molar-refractivity contribution >= 4 is 33.6 Å². The van der Waals surface area contributed by atoms with E-state index in [1.165, 1.54) is 24.4 Å². The minimum atomic E-state index is -0.204. The van der Waals surface area contributed by atoms with E-state index in [1.54, 1.807) is 19.2 Å². The van der Waals surface area contributed by atoms with E-state index < -0.39 is 0 Å². The summed E-state index contributed by atoms with van der Waals surface area (Å²) in [5, 5.41) is 2.50. The number of H-pyrrole nitrogens is 1. The number of ether oxygens (including phenoxy) is 2. The lowest BCUT2D eigenvalue weighted by atomic mass is 10.1. The fourth-order valence-corrected chi connectivity index (χ4v) is 3.96. The van der Waals surface area contributed by atoms with Crippen LogP contribution in [-0.2, 0) is 5.75 Å². The van der Waals surface area contributed by atoms with Crippen molar-refractivity contribution in [2.75, 3.05) is 14.2 Å². The fourth-order valence-electron chi connectivity index (χ4n) is 3.12. The predicted octanol–water partition coefficient (Wildman–Crippen LogP) is 4.09. The van der Waals surface area contributed by atoms with Gasteiger partial charge in [-0.05, 0) is 30.7 Å². The average molecular weight is 393 g/mol. The number of pyridine rings is 1. The molecule has 0 aliphatic heterocycles. The van der Waals surface area contributed by atoms with Crippen LogP contribution in [0, 0.1) is 6.92 Å². The zero-order valence-corrected chi connectivity index (χ0v) is 16.6. The summed E-state index contributed by atoms with van der Waals surface area (Å²) in [6, 6.07) is 13.5. The first-order chi connectivity index (χ1) is 13.6. The van der Waals surface area contributed by atoms with Crippen molar-refractivity contribution in [1.82, 2.24) is 15.0 Å². The predicted molar refractivity (Wildman–Crippen MR) is 112 cm³/mol. The highest BCUT2D eigenvalue weighted by Gasteiger charge is 2.12. The number of hydrogen-bond donors (Lipinski definition) is 1. The second-order valence-electron chi connectivity index (χ2n) is 6.32. The van der Waals surface area contributed by atoms with Crippen molar-refractivity contribution in [3.05, 3.63) is 64.2 Å². The molecule has 0 saturated carbocycles. The quantitative estimate of drug-likeness (QED) is 0.515. The number of aromatic nitrogens is 3. The SMILES string of the molecule is COc1cc2nc(CSc3cc(C)c4ccccc4n3)[nH]c(=O)c2cc1OC. The Morgan fingerprint density at radius 2 is 1.71 bits per heavy atom. The number of thioether (sulfide) groups is 1. The Hall–Kier alpha value is -3.06. The Morgan fingerprint density at radius 3 is 2.50 bits per heavy atom. The molecule has 0 bridgehead atoms. The van der Waals surface area contributed by atoms with Gasteiger partial charge in [-0.25, -0.2) is 9.97 Å². The lowest BCUT2D eigenvalue weighted by Crippen LogP contribution is -2.11. The van der Waals surface area contributed by atoms with Gasteiger partial charge in [-0.15, -0.1) is 0 Å². The molecule has 1 N–H and O–H groups in total. The number of methoxy groups -OCH3 is 2. The smallest absolute Gasteiger partial charge is 0.258 e. The van der Waals surface area contributed by atoms with Gasteiger partial charge in [0.2, 0.25) is 0 Å². The highest BCUT2D eigenvalue weighted by Crippen LogP contribution is 2.30. The molecule has 7 heteroatoms. The molecule has 4 aromatic rings. The van der Waals surface area contributed by atoms with Gasteiger partial charge in [0.1, 0.15) is 5.82 Å². The molecule has 0 fully saturated rings. The molecule has 2 heterocycles. The summed E-state index contributed by atoms with van der Waals surface area (Å²) in [4.78, 5) is 24.6. The summed E-state index contributed by atoms with van der Waals surface area (Å²) in [7, 11) is 3.09. The van der Waals surface area contributed by atoms with Gasteiger partial charge >= 0.3 is 0 Å². The highest BCUT2D eigenvalue weighted by atomic mass is 32.2. The first kappa shape index (κ1) is 18.3. The van der Waals surface area contributed by atoms with Crippen molar-refractivity contribution in [2.45, 2.75) is 17.7 Å². The van der Waals surface area contributed by atoms with Crippen LogP contribution < -0.4 is 15.0 Å². The normalized spacial score (nSPS) is 11.1. The number of rotatable bonds is 5. The molecule has 28 heavy (non-hydrogen) atoms. The molecular weight excluding hydrogens is 374 g/mol. The van der Waals surface area contributed by atoms with Crippen molar-refractivity contribution in [3.63, 3.8) is 0 Å². The Morgan fingerprint density at radius 1 is 0.964 bits per heavy atom. The molecule has 0 saturated heterocycles. The molecule has 0 aliphatic rings. The van der Waals surface area contributed by atoms with Crippen LogP contribution in [0.5, 0.6) is 11.5 Å². The number of aromatic amines is 1. The van der Waals surface area contributed by atoms with Crippen LogP contribution in [0.3, 0.4) is 0 Å². The van der Waals surface area contributed by atoms with E-state index in [4.69, 9.17) is 14.5 Å². The van der Waals surface area contributed by atoms with Crippen molar-refractivity contribution in [1.29, 1.82) is 0 Å². The molecule has 0 aliphatic carbocycles. The van der Waals surface area contributed by atoms with Gasteiger partial charge in [-0.2, -0.15) is 0 Å². The number of benzene rings is 2. The first-order valence-electron chi connectivity index (χ1n) is 8.73. The Labute approximate surface area is 165 Å². The maximum atomic E-state index is 12.5. The number of nitrogens with zero attached hydrogens (tertiary/aromatic N) is 2. The summed E-state index contributed by atoms with van der Waals surface area (Å²) in [5.41, 5.74) is 2.50.